The van der Waals surface area contributed by atoms with Gasteiger partial charge in [0.05, 0.1) is 16.3 Å². The molecule has 1 saturated heterocycles. The number of benzene rings is 2. The molecule has 2 aliphatic heterocycles. The van der Waals surface area contributed by atoms with Gasteiger partial charge >= 0.3 is 0 Å². The minimum atomic E-state index is -3.68. The molecule has 0 aromatic heterocycles. The van der Waals surface area contributed by atoms with E-state index in [-0.39, 0.29) is 35.7 Å². The van der Waals surface area contributed by atoms with Crippen LogP contribution in [0.3, 0.4) is 0 Å². The molecule has 7 nitrogen and oxygen atoms in total. The standard InChI is InChI=1S/C21H23N3O4S2/c1-14-2-4-16(5-3-14)22-21(26)15-8-10-24(11-9-15)30(27,28)17-6-7-19-18(12-17)23-20(25)13-29-19/h2-7,12,15H,8-11,13H2,1H3,(H,22,26)(H,23,25). The van der Waals surface area contributed by atoms with Crippen LogP contribution in [-0.2, 0) is 19.6 Å². The molecular weight excluding hydrogens is 422 g/mol. The summed E-state index contributed by atoms with van der Waals surface area (Å²) in [6.45, 7) is 2.55. The quantitative estimate of drug-likeness (QED) is 0.754. The fraction of sp³-hybridized carbons (Fsp3) is 0.333. The van der Waals surface area contributed by atoms with Crippen LogP contribution in [0, 0.1) is 12.8 Å². The molecule has 0 bridgehead atoms. The first-order valence-electron chi connectivity index (χ1n) is 9.77. The average molecular weight is 446 g/mol. The highest BCUT2D eigenvalue weighted by Gasteiger charge is 2.32. The largest absolute Gasteiger partial charge is 0.326 e. The predicted octanol–water partition coefficient (Wildman–Crippen LogP) is 3.08. The number of sulfonamides is 1. The maximum atomic E-state index is 13.1. The minimum absolute atomic E-state index is 0.0792. The number of piperidine rings is 1. The molecule has 2 aliphatic rings. The van der Waals surface area contributed by atoms with Crippen LogP contribution in [0.15, 0.2) is 52.3 Å². The lowest BCUT2D eigenvalue weighted by molar-refractivity contribution is -0.121. The van der Waals surface area contributed by atoms with Crippen molar-refractivity contribution >= 4 is 45.0 Å². The fourth-order valence-corrected chi connectivity index (χ4v) is 5.90. The van der Waals surface area contributed by atoms with E-state index in [9.17, 15) is 18.0 Å². The summed E-state index contributed by atoms with van der Waals surface area (Å²) in [5, 5.41) is 5.64. The van der Waals surface area contributed by atoms with Gasteiger partial charge in [0.15, 0.2) is 0 Å². The van der Waals surface area contributed by atoms with Crippen molar-refractivity contribution in [3.05, 3.63) is 48.0 Å². The number of thioether (sulfide) groups is 1. The van der Waals surface area contributed by atoms with E-state index in [1.807, 2.05) is 31.2 Å². The third-order valence-corrected chi connectivity index (χ3v) is 8.33. The van der Waals surface area contributed by atoms with Crippen LogP contribution < -0.4 is 10.6 Å². The van der Waals surface area contributed by atoms with Gasteiger partial charge in [0.2, 0.25) is 21.8 Å². The number of carbonyl (C=O) groups excluding carboxylic acids is 2. The number of hydrogen-bond donors (Lipinski definition) is 2. The number of amides is 2. The Morgan fingerprint density at radius 3 is 2.53 bits per heavy atom. The van der Waals surface area contributed by atoms with Crippen molar-refractivity contribution in [3.63, 3.8) is 0 Å². The van der Waals surface area contributed by atoms with Gasteiger partial charge < -0.3 is 10.6 Å². The van der Waals surface area contributed by atoms with Crippen molar-refractivity contribution in [2.45, 2.75) is 29.6 Å². The number of nitrogens with zero attached hydrogens (tertiary/aromatic N) is 1. The van der Waals surface area contributed by atoms with Crippen LogP contribution in [0.1, 0.15) is 18.4 Å². The molecule has 4 rings (SSSR count). The van der Waals surface area contributed by atoms with Gasteiger partial charge in [0.25, 0.3) is 0 Å². The molecule has 158 valence electrons. The molecule has 1 fully saturated rings. The maximum Gasteiger partial charge on any atom is 0.243 e. The van der Waals surface area contributed by atoms with Crippen LogP contribution >= 0.6 is 11.8 Å². The van der Waals surface area contributed by atoms with Crippen molar-refractivity contribution in [1.82, 2.24) is 4.31 Å². The van der Waals surface area contributed by atoms with Gasteiger partial charge in [-0.25, -0.2) is 8.42 Å². The van der Waals surface area contributed by atoms with Gasteiger partial charge in [-0.3, -0.25) is 9.59 Å². The summed E-state index contributed by atoms with van der Waals surface area (Å²) in [6, 6.07) is 12.4. The van der Waals surface area contributed by atoms with Crippen LogP contribution in [-0.4, -0.2) is 43.4 Å². The van der Waals surface area contributed by atoms with Crippen LogP contribution in [0.2, 0.25) is 0 Å². The first-order chi connectivity index (χ1) is 14.3. The zero-order valence-corrected chi connectivity index (χ0v) is 18.2. The van der Waals surface area contributed by atoms with Crippen LogP contribution in [0.5, 0.6) is 0 Å². The van der Waals surface area contributed by atoms with E-state index in [4.69, 9.17) is 0 Å². The summed E-state index contributed by atoms with van der Waals surface area (Å²) in [4.78, 5) is 25.2. The third kappa shape index (κ3) is 4.38. The second-order valence-electron chi connectivity index (χ2n) is 7.53. The number of rotatable bonds is 4. The highest BCUT2D eigenvalue weighted by Crippen LogP contribution is 2.34. The monoisotopic (exact) mass is 445 g/mol. The van der Waals surface area contributed by atoms with Gasteiger partial charge in [0.1, 0.15) is 0 Å². The van der Waals surface area contributed by atoms with Gasteiger partial charge in [0, 0.05) is 29.6 Å². The Kier molecular flexibility index (Phi) is 5.86. The van der Waals surface area contributed by atoms with Gasteiger partial charge in [-0.15, -0.1) is 11.8 Å². The molecule has 30 heavy (non-hydrogen) atoms. The zero-order chi connectivity index (χ0) is 21.3. The molecule has 0 atom stereocenters. The smallest absolute Gasteiger partial charge is 0.243 e. The van der Waals surface area contributed by atoms with Crippen molar-refractivity contribution in [3.8, 4) is 0 Å². The van der Waals surface area contributed by atoms with E-state index in [2.05, 4.69) is 10.6 Å². The van der Waals surface area contributed by atoms with Crippen molar-refractivity contribution in [2.75, 3.05) is 29.5 Å². The number of anilines is 2. The summed E-state index contributed by atoms with van der Waals surface area (Å²) in [5.74, 6) is -0.110. The summed E-state index contributed by atoms with van der Waals surface area (Å²) in [5.41, 5.74) is 2.39. The van der Waals surface area contributed by atoms with E-state index in [0.717, 1.165) is 16.1 Å². The number of nitrogens with one attached hydrogen (secondary N) is 2. The topological polar surface area (TPSA) is 95.6 Å². The van der Waals surface area contributed by atoms with E-state index in [1.54, 1.807) is 12.1 Å². The Bertz CT molecular complexity index is 1080. The zero-order valence-electron chi connectivity index (χ0n) is 16.6. The predicted molar refractivity (Wildman–Crippen MR) is 117 cm³/mol. The summed E-state index contributed by atoms with van der Waals surface area (Å²) in [6.07, 6.45) is 0.933. The minimum Gasteiger partial charge on any atom is -0.326 e. The Morgan fingerprint density at radius 2 is 1.83 bits per heavy atom. The second-order valence-corrected chi connectivity index (χ2v) is 10.5. The number of hydrogen-bond acceptors (Lipinski definition) is 5. The Hall–Kier alpha value is -2.36. The maximum absolute atomic E-state index is 13.1. The normalized spacial score (nSPS) is 17.8. The summed E-state index contributed by atoms with van der Waals surface area (Å²) in [7, 11) is -3.68. The molecule has 2 aromatic carbocycles. The third-order valence-electron chi connectivity index (χ3n) is 5.37. The lowest BCUT2D eigenvalue weighted by Gasteiger charge is -2.31. The van der Waals surface area contributed by atoms with E-state index in [0.29, 0.717) is 24.3 Å². The highest BCUT2D eigenvalue weighted by atomic mass is 32.2. The molecular formula is C21H23N3O4S2. The van der Waals surface area contributed by atoms with E-state index >= 15 is 0 Å². The van der Waals surface area contributed by atoms with Gasteiger partial charge in [-0.05, 0) is 50.1 Å². The number of aryl methyl sites for hydroxylation is 1. The first kappa shape index (κ1) is 20.9. The second kappa shape index (κ2) is 8.41. The fourth-order valence-electron chi connectivity index (χ4n) is 3.61. The summed E-state index contributed by atoms with van der Waals surface area (Å²) >= 11 is 1.39. The molecule has 0 aliphatic carbocycles. The van der Waals surface area contributed by atoms with Crippen molar-refractivity contribution in [1.29, 1.82) is 0 Å². The molecule has 2 heterocycles. The van der Waals surface area contributed by atoms with Gasteiger partial charge in [-0.1, -0.05) is 17.7 Å². The van der Waals surface area contributed by atoms with Crippen LogP contribution in [0.25, 0.3) is 0 Å². The number of carbonyl (C=O) groups is 2. The molecule has 0 unspecified atom stereocenters. The Balaban J connectivity index is 1.40. The van der Waals surface area contributed by atoms with Crippen molar-refractivity contribution in [2.24, 2.45) is 5.92 Å². The Labute approximate surface area is 180 Å². The summed E-state index contributed by atoms with van der Waals surface area (Å²) < 4.78 is 27.5. The van der Waals surface area contributed by atoms with Crippen LogP contribution in [0.4, 0.5) is 11.4 Å². The van der Waals surface area contributed by atoms with E-state index in [1.165, 1.54) is 22.1 Å². The molecule has 2 aromatic rings. The molecule has 0 saturated carbocycles. The molecule has 2 amide bonds. The Morgan fingerprint density at radius 1 is 1.13 bits per heavy atom. The number of fused-ring (bicyclic) bond motifs is 1. The highest BCUT2D eigenvalue weighted by molar-refractivity contribution is 8.00. The first-order valence-corrected chi connectivity index (χ1v) is 12.2. The van der Waals surface area contributed by atoms with Gasteiger partial charge in [-0.2, -0.15) is 4.31 Å². The molecule has 0 radical (unpaired) electrons. The van der Waals surface area contributed by atoms with E-state index < -0.39 is 10.0 Å². The average Bonchev–Trinajstić information content (AvgIpc) is 2.75. The lowest BCUT2D eigenvalue weighted by atomic mass is 9.97. The molecule has 0 spiro atoms. The van der Waals surface area contributed by atoms with Crippen molar-refractivity contribution < 1.29 is 18.0 Å². The molecule has 9 heteroatoms. The SMILES string of the molecule is Cc1ccc(NC(=O)C2CCN(S(=O)(=O)c3ccc4c(c3)NC(=O)CS4)CC2)cc1. The molecule has 2 N–H and O–H groups in total. The lowest BCUT2D eigenvalue weighted by Crippen LogP contribution is -2.41.